The highest BCUT2D eigenvalue weighted by molar-refractivity contribution is 5.75. The lowest BCUT2D eigenvalue weighted by Gasteiger charge is -2.31. The number of aromatic nitrogens is 6. The summed E-state index contributed by atoms with van der Waals surface area (Å²) in [5.74, 6) is 1.57. The van der Waals surface area contributed by atoms with Crippen molar-refractivity contribution in [3.63, 3.8) is 0 Å². The molecule has 2 fully saturated rings. The van der Waals surface area contributed by atoms with Crippen molar-refractivity contribution in [2.24, 2.45) is 22.7 Å². The first kappa shape index (κ1) is 39.2. The Bertz CT molecular complexity index is 1650. The number of anilines is 1. The van der Waals surface area contributed by atoms with Crippen LogP contribution in [0.1, 0.15) is 103 Å². The number of aryl methyl sites for hydroxylation is 1. The summed E-state index contributed by atoms with van der Waals surface area (Å²) in [6.07, 6.45) is 8.25. The summed E-state index contributed by atoms with van der Waals surface area (Å²) in [6, 6.07) is 11.3. The van der Waals surface area contributed by atoms with Gasteiger partial charge in [-0.1, -0.05) is 19.9 Å². The molecular formula is C39H57N9O4. The van der Waals surface area contributed by atoms with E-state index in [4.69, 9.17) is 24.2 Å². The molecule has 5 rings (SSSR count). The molecule has 13 nitrogen and oxygen atoms in total. The van der Waals surface area contributed by atoms with Crippen LogP contribution < -0.4 is 10.6 Å². The molecule has 0 radical (unpaired) electrons. The molecule has 2 atom stereocenters. The van der Waals surface area contributed by atoms with Gasteiger partial charge in [-0.2, -0.15) is 9.94 Å². The Morgan fingerprint density at radius 1 is 1.15 bits per heavy atom. The van der Waals surface area contributed by atoms with Crippen molar-refractivity contribution in [2.45, 2.75) is 118 Å². The van der Waals surface area contributed by atoms with E-state index in [0.717, 1.165) is 73.3 Å². The number of carbonyl (C=O) groups is 1. The molecule has 13 heteroatoms. The molecule has 3 aromatic heterocycles. The molecule has 1 aliphatic heterocycles. The number of nitriles is 1. The predicted molar refractivity (Wildman–Crippen MR) is 198 cm³/mol. The van der Waals surface area contributed by atoms with Crippen molar-refractivity contribution >= 4 is 11.8 Å². The monoisotopic (exact) mass is 715 g/mol. The Hall–Kier alpha value is -3.99. The lowest BCUT2D eigenvalue weighted by molar-refractivity contribution is -0.168. The van der Waals surface area contributed by atoms with Crippen molar-refractivity contribution in [2.75, 3.05) is 31.7 Å². The lowest BCUT2D eigenvalue weighted by atomic mass is 9.82. The van der Waals surface area contributed by atoms with E-state index in [1.54, 1.807) is 4.68 Å². The van der Waals surface area contributed by atoms with Gasteiger partial charge in [0.1, 0.15) is 12.4 Å². The quantitative estimate of drug-likeness (QED) is 0.171. The zero-order valence-corrected chi connectivity index (χ0v) is 32.0. The van der Waals surface area contributed by atoms with Crippen molar-refractivity contribution in [1.29, 1.82) is 5.26 Å². The maximum atomic E-state index is 12.6. The summed E-state index contributed by atoms with van der Waals surface area (Å²) in [4.78, 5) is 22.3. The third-order valence-electron chi connectivity index (χ3n) is 10.2. The SMILES string of the molecule is Cc1cnc(CC2CCC(N[C@H](C)COCc3nnnn3[C@@H](OC(=O)C(C)(C)C)C(C)C)CC2)cc1-c1cccc(NCC2(C#N)CCOCC2)n1. The highest BCUT2D eigenvalue weighted by atomic mass is 16.6. The number of ether oxygens (including phenoxy) is 3. The van der Waals surface area contributed by atoms with Crippen molar-refractivity contribution in [1.82, 2.24) is 35.5 Å². The van der Waals surface area contributed by atoms with Gasteiger partial charge in [0.05, 0.1) is 29.2 Å². The van der Waals surface area contributed by atoms with Gasteiger partial charge in [-0.15, -0.1) is 5.10 Å². The molecule has 2 aliphatic rings. The van der Waals surface area contributed by atoms with Crippen LogP contribution in [0.4, 0.5) is 5.82 Å². The Morgan fingerprint density at radius 2 is 1.90 bits per heavy atom. The standard InChI is InChI=1S/C39H57N9O4/c1-26(2)36(52-37(49)38(5,6)7)48-35(45-46-47-48)23-51-22-28(4)43-30-13-11-29(12-14-30)19-31-20-32(27(3)21-41-31)33-9-8-10-34(44-33)42-25-39(24-40)15-17-50-18-16-39/h8-10,20-21,26,28-30,36,43H,11-19,22-23,25H2,1-7H3,(H,42,44)/t28-,29?,30?,36+/m1/s1. The molecule has 282 valence electrons. The topological polar surface area (TPSA) is 162 Å². The maximum Gasteiger partial charge on any atom is 0.313 e. The van der Waals surface area contributed by atoms with E-state index in [0.29, 0.717) is 44.1 Å². The first-order valence-corrected chi connectivity index (χ1v) is 18.8. The Morgan fingerprint density at radius 3 is 2.60 bits per heavy atom. The molecule has 0 spiro atoms. The molecule has 52 heavy (non-hydrogen) atoms. The molecule has 1 saturated carbocycles. The molecule has 0 unspecified atom stereocenters. The van der Waals surface area contributed by atoms with Crippen LogP contribution in [0.2, 0.25) is 0 Å². The Kier molecular flexibility index (Phi) is 13.3. The molecule has 0 amide bonds. The van der Waals surface area contributed by atoms with Gasteiger partial charge in [0, 0.05) is 55.2 Å². The van der Waals surface area contributed by atoms with Gasteiger partial charge in [-0.25, -0.2) is 4.98 Å². The van der Waals surface area contributed by atoms with Gasteiger partial charge in [0.15, 0.2) is 5.82 Å². The summed E-state index contributed by atoms with van der Waals surface area (Å²) >= 11 is 0. The lowest BCUT2D eigenvalue weighted by Crippen LogP contribution is -2.41. The summed E-state index contributed by atoms with van der Waals surface area (Å²) in [7, 11) is 0. The summed E-state index contributed by atoms with van der Waals surface area (Å²) in [5.41, 5.74) is 3.15. The number of hydrogen-bond donors (Lipinski definition) is 2. The number of carbonyl (C=O) groups excluding carboxylic acids is 1. The smallest absolute Gasteiger partial charge is 0.313 e. The molecule has 1 saturated heterocycles. The van der Waals surface area contributed by atoms with E-state index in [2.05, 4.69) is 52.1 Å². The number of nitrogens with zero attached hydrogens (tertiary/aromatic N) is 7. The van der Waals surface area contributed by atoms with E-state index in [9.17, 15) is 10.1 Å². The summed E-state index contributed by atoms with van der Waals surface area (Å²) in [6.45, 7) is 16.2. The van der Waals surface area contributed by atoms with Crippen LogP contribution in [0.15, 0.2) is 30.5 Å². The number of pyridine rings is 2. The maximum absolute atomic E-state index is 12.6. The van der Waals surface area contributed by atoms with Crippen LogP contribution in [0.25, 0.3) is 11.3 Å². The second-order valence-corrected chi connectivity index (χ2v) is 16.1. The van der Waals surface area contributed by atoms with Crippen molar-refractivity contribution in [3.8, 4) is 17.3 Å². The summed E-state index contributed by atoms with van der Waals surface area (Å²) in [5, 5.41) is 29.1. The average molecular weight is 716 g/mol. The van der Waals surface area contributed by atoms with Crippen LogP contribution in [0, 0.1) is 40.9 Å². The van der Waals surface area contributed by atoms with E-state index in [1.807, 2.05) is 59.0 Å². The number of hydrogen-bond acceptors (Lipinski definition) is 12. The van der Waals surface area contributed by atoms with Crippen LogP contribution in [-0.2, 0) is 32.0 Å². The number of esters is 1. The third-order valence-corrected chi connectivity index (χ3v) is 10.2. The predicted octanol–water partition coefficient (Wildman–Crippen LogP) is 6.21. The number of rotatable bonds is 15. The largest absolute Gasteiger partial charge is 0.439 e. The van der Waals surface area contributed by atoms with Crippen LogP contribution >= 0.6 is 0 Å². The van der Waals surface area contributed by atoms with Gasteiger partial charge in [-0.3, -0.25) is 9.78 Å². The van der Waals surface area contributed by atoms with E-state index < -0.39 is 17.1 Å². The van der Waals surface area contributed by atoms with Crippen LogP contribution in [-0.4, -0.2) is 74.6 Å². The summed E-state index contributed by atoms with van der Waals surface area (Å²) < 4.78 is 18.9. The molecule has 0 aromatic carbocycles. The second kappa shape index (κ2) is 17.7. The average Bonchev–Trinajstić information content (AvgIpc) is 3.59. The Balaban J connectivity index is 1.07. The third kappa shape index (κ3) is 10.5. The fourth-order valence-corrected chi connectivity index (χ4v) is 6.85. The highest BCUT2D eigenvalue weighted by Crippen LogP contribution is 2.32. The molecule has 4 heterocycles. The van der Waals surface area contributed by atoms with E-state index in [-0.39, 0.29) is 24.5 Å². The molecule has 0 bridgehead atoms. The molecule has 2 N–H and O–H groups in total. The van der Waals surface area contributed by atoms with Crippen molar-refractivity contribution in [3.05, 3.63) is 47.5 Å². The van der Waals surface area contributed by atoms with Crippen LogP contribution in [0.3, 0.4) is 0 Å². The van der Waals surface area contributed by atoms with Gasteiger partial charge in [-0.05, 0) is 120 Å². The minimum Gasteiger partial charge on any atom is -0.439 e. The van der Waals surface area contributed by atoms with Gasteiger partial charge < -0.3 is 24.8 Å². The zero-order valence-electron chi connectivity index (χ0n) is 32.0. The Labute approximate surface area is 308 Å². The molecular weight excluding hydrogens is 658 g/mol. The first-order chi connectivity index (χ1) is 24.9. The minimum atomic E-state index is -0.627. The number of nitrogens with one attached hydrogen (secondary N) is 2. The van der Waals surface area contributed by atoms with Crippen LogP contribution in [0.5, 0.6) is 0 Å². The van der Waals surface area contributed by atoms with E-state index in [1.165, 1.54) is 0 Å². The molecule has 3 aromatic rings. The first-order valence-electron chi connectivity index (χ1n) is 18.8. The van der Waals surface area contributed by atoms with E-state index >= 15 is 0 Å². The zero-order chi connectivity index (χ0) is 37.3. The van der Waals surface area contributed by atoms with Gasteiger partial charge in [0.2, 0.25) is 6.23 Å². The normalized spacial score (nSPS) is 20.2. The minimum absolute atomic E-state index is 0.0168. The van der Waals surface area contributed by atoms with Crippen molar-refractivity contribution < 1.29 is 19.0 Å². The fourth-order valence-electron chi connectivity index (χ4n) is 6.85. The number of tetrazole rings is 1. The van der Waals surface area contributed by atoms with Gasteiger partial charge in [0.25, 0.3) is 0 Å². The highest BCUT2D eigenvalue weighted by Gasteiger charge is 2.33. The fraction of sp³-hybridized carbons (Fsp3) is 0.667. The van der Waals surface area contributed by atoms with Gasteiger partial charge >= 0.3 is 5.97 Å². The molecule has 1 aliphatic carbocycles. The second-order valence-electron chi connectivity index (χ2n) is 16.1.